The molecule has 0 N–H and O–H groups in total. The van der Waals surface area contributed by atoms with Crippen LogP contribution in [0.3, 0.4) is 0 Å². The lowest BCUT2D eigenvalue weighted by molar-refractivity contribution is 0.612. The highest BCUT2D eigenvalue weighted by Crippen LogP contribution is 2.31. The van der Waals surface area contributed by atoms with Crippen LogP contribution in [0.4, 0.5) is 4.39 Å². The summed E-state index contributed by atoms with van der Waals surface area (Å²) in [6, 6.07) is 10.8. The SMILES string of the molecule is Fc1cc2oc3ccccc3c2cc1Br. The molecule has 0 saturated carbocycles. The Hall–Kier alpha value is -1.35. The molecule has 0 saturated heterocycles. The smallest absolute Gasteiger partial charge is 0.141 e. The molecule has 0 radical (unpaired) electrons. The van der Waals surface area contributed by atoms with Crippen molar-refractivity contribution in [2.45, 2.75) is 0 Å². The zero-order valence-electron chi connectivity index (χ0n) is 7.63. The van der Waals surface area contributed by atoms with Crippen molar-refractivity contribution in [3.8, 4) is 0 Å². The molecule has 0 amide bonds. The van der Waals surface area contributed by atoms with Gasteiger partial charge in [-0.3, -0.25) is 0 Å². The summed E-state index contributed by atoms with van der Waals surface area (Å²) in [4.78, 5) is 0. The highest BCUT2D eigenvalue weighted by molar-refractivity contribution is 9.10. The highest BCUT2D eigenvalue weighted by atomic mass is 79.9. The van der Waals surface area contributed by atoms with Gasteiger partial charge in [-0.25, -0.2) is 4.39 Å². The number of hydrogen-bond donors (Lipinski definition) is 0. The number of rotatable bonds is 0. The minimum atomic E-state index is -0.304. The van der Waals surface area contributed by atoms with Crippen LogP contribution in [0.5, 0.6) is 0 Å². The number of benzene rings is 2. The fraction of sp³-hybridized carbons (Fsp3) is 0. The average Bonchev–Trinajstić information content (AvgIpc) is 2.57. The molecule has 3 rings (SSSR count). The molecule has 0 bridgehead atoms. The number of para-hydroxylation sites is 1. The first-order valence-electron chi connectivity index (χ1n) is 4.52. The van der Waals surface area contributed by atoms with Crippen molar-refractivity contribution in [2.24, 2.45) is 0 Å². The Morgan fingerprint density at radius 3 is 2.67 bits per heavy atom. The molecule has 0 unspecified atom stereocenters. The van der Waals surface area contributed by atoms with E-state index in [-0.39, 0.29) is 5.82 Å². The molecule has 3 heteroatoms. The van der Waals surface area contributed by atoms with Gasteiger partial charge >= 0.3 is 0 Å². The van der Waals surface area contributed by atoms with Gasteiger partial charge in [0.15, 0.2) is 0 Å². The van der Waals surface area contributed by atoms with Crippen LogP contribution >= 0.6 is 15.9 Å². The maximum absolute atomic E-state index is 13.3. The van der Waals surface area contributed by atoms with Crippen LogP contribution in [0.25, 0.3) is 21.9 Å². The Labute approximate surface area is 93.6 Å². The fourth-order valence-corrected chi connectivity index (χ4v) is 2.06. The van der Waals surface area contributed by atoms with E-state index in [2.05, 4.69) is 15.9 Å². The number of fused-ring (bicyclic) bond motifs is 3. The summed E-state index contributed by atoms with van der Waals surface area (Å²) in [5.74, 6) is -0.304. The quantitative estimate of drug-likeness (QED) is 0.583. The minimum absolute atomic E-state index is 0.304. The molecule has 0 atom stereocenters. The Bertz CT molecular complexity index is 657. The van der Waals surface area contributed by atoms with Gasteiger partial charge in [-0.1, -0.05) is 18.2 Å². The molecule has 0 fully saturated rings. The van der Waals surface area contributed by atoms with Crippen LogP contribution in [0, 0.1) is 5.82 Å². The van der Waals surface area contributed by atoms with E-state index in [1.165, 1.54) is 6.07 Å². The fourth-order valence-electron chi connectivity index (χ4n) is 1.72. The van der Waals surface area contributed by atoms with Gasteiger partial charge in [-0.15, -0.1) is 0 Å². The topological polar surface area (TPSA) is 13.1 Å². The van der Waals surface area contributed by atoms with Crippen molar-refractivity contribution in [1.82, 2.24) is 0 Å². The van der Waals surface area contributed by atoms with Crippen LogP contribution in [0.2, 0.25) is 0 Å². The second-order valence-electron chi connectivity index (χ2n) is 3.36. The van der Waals surface area contributed by atoms with Gasteiger partial charge in [-0.2, -0.15) is 0 Å². The highest BCUT2D eigenvalue weighted by Gasteiger charge is 2.09. The van der Waals surface area contributed by atoms with Crippen molar-refractivity contribution >= 4 is 37.9 Å². The number of halogens is 2. The van der Waals surface area contributed by atoms with Crippen LogP contribution in [0.15, 0.2) is 45.3 Å². The molecular formula is C12H6BrFO. The van der Waals surface area contributed by atoms with Crippen molar-refractivity contribution in [3.05, 3.63) is 46.7 Å². The first kappa shape index (κ1) is 8.92. The molecule has 0 aliphatic heterocycles. The summed E-state index contributed by atoms with van der Waals surface area (Å²) in [7, 11) is 0. The van der Waals surface area contributed by atoms with E-state index in [9.17, 15) is 4.39 Å². The van der Waals surface area contributed by atoms with Gasteiger partial charge in [0.1, 0.15) is 17.0 Å². The Kier molecular flexibility index (Phi) is 1.83. The summed E-state index contributed by atoms with van der Waals surface area (Å²) in [5, 5.41) is 1.94. The van der Waals surface area contributed by atoms with E-state index in [0.717, 1.165) is 16.4 Å². The van der Waals surface area contributed by atoms with Gasteiger partial charge in [0, 0.05) is 16.8 Å². The standard InChI is InChI=1S/C12H6BrFO/c13-9-5-8-7-3-1-2-4-11(7)15-12(8)6-10(9)14/h1-6H. The molecule has 0 spiro atoms. The zero-order chi connectivity index (χ0) is 10.4. The molecule has 1 heterocycles. The predicted octanol–water partition coefficient (Wildman–Crippen LogP) is 4.49. The molecule has 0 aliphatic carbocycles. The van der Waals surface area contributed by atoms with Crippen LogP contribution in [0.1, 0.15) is 0 Å². The molecule has 1 aromatic heterocycles. The summed E-state index contributed by atoms with van der Waals surface area (Å²) in [6.45, 7) is 0. The molecule has 3 aromatic rings. The largest absolute Gasteiger partial charge is 0.456 e. The predicted molar refractivity (Wildman–Crippen MR) is 61.4 cm³/mol. The molecule has 15 heavy (non-hydrogen) atoms. The first-order chi connectivity index (χ1) is 7.25. The van der Waals surface area contributed by atoms with Crippen molar-refractivity contribution in [3.63, 3.8) is 0 Å². The minimum Gasteiger partial charge on any atom is -0.456 e. The summed E-state index contributed by atoms with van der Waals surface area (Å²) in [6.07, 6.45) is 0. The molecule has 1 nitrogen and oxygen atoms in total. The molecular weight excluding hydrogens is 259 g/mol. The number of furan rings is 1. The van der Waals surface area contributed by atoms with E-state index >= 15 is 0 Å². The van der Waals surface area contributed by atoms with Crippen molar-refractivity contribution < 1.29 is 8.81 Å². The molecule has 2 aromatic carbocycles. The van der Waals surface area contributed by atoms with Gasteiger partial charge in [0.2, 0.25) is 0 Å². The van der Waals surface area contributed by atoms with E-state index < -0.39 is 0 Å². The van der Waals surface area contributed by atoms with E-state index in [4.69, 9.17) is 4.42 Å². The van der Waals surface area contributed by atoms with E-state index in [1.807, 2.05) is 24.3 Å². The summed E-state index contributed by atoms with van der Waals surface area (Å²) >= 11 is 3.17. The van der Waals surface area contributed by atoms with Gasteiger partial charge in [0.05, 0.1) is 4.47 Å². The zero-order valence-corrected chi connectivity index (χ0v) is 9.21. The van der Waals surface area contributed by atoms with Gasteiger partial charge in [-0.05, 0) is 28.1 Å². The lowest BCUT2D eigenvalue weighted by Gasteiger charge is -1.93. The third kappa shape index (κ3) is 1.27. The monoisotopic (exact) mass is 264 g/mol. The van der Waals surface area contributed by atoms with Crippen LogP contribution < -0.4 is 0 Å². The first-order valence-corrected chi connectivity index (χ1v) is 5.31. The summed E-state index contributed by atoms with van der Waals surface area (Å²) in [5.41, 5.74) is 1.36. The van der Waals surface area contributed by atoms with Crippen LogP contribution in [-0.2, 0) is 0 Å². The van der Waals surface area contributed by atoms with Gasteiger partial charge < -0.3 is 4.42 Å². The maximum atomic E-state index is 13.3. The van der Waals surface area contributed by atoms with Gasteiger partial charge in [0.25, 0.3) is 0 Å². The Morgan fingerprint density at radius 2 is 1.80 bits per heavy atom. The van der Waals surface area contributed by atoms with Crippen LogP contribution in [-0.4, -0.2) is 0 Å². The second kappa shape index (κ2) is 3.07. The second-order valence-corrected chi connectivity index (χ2v) is 4.22. The Balaban J connectivity index is 2.56. The molecule has 74 valence electrons. The average molecular weight is 265 g/mol. The lowest BCUT2D eigenvalue weighted by atomic mass is 10.1. The van der Waals surface area contributed by atoms with E-state index in [1.54, 1.807) is 6.07 Å². The Morgan fingerprint density at radius 1 is 1.00 bits per heavy atom. The van der Waals surface area contributed by atoms with Crippen molar-refractivity contribution in [2.75, 3.05) is 0 Å². The third-order valence-corrected chi connectivity index (χ3v) is 3.03. The maximum Gasteiger partial charge on any atom is 0.141 e. The lowest BCUT2D eigenvalue weighted by Crippen LogP contribution is -1.75. The molecule has 0 aliphatic rings. The van der Waals surface area contributed by atoms with Crippen molar-refractivity contribution in [1.29, 1.82) is 0 Å². The number of hydrogen-bond acceptors (Lipinski definition) is 1. The van der Waals surface area contributed by atoms with E-state index in [0.29, 0.717) is 10.1 Å². The normalized spacial score (nSPS) is 11.3. The summed E-state index contributed by atoms with van der Waals surface area (Å²) < 4.78 is 19.3. The third-order valence-electron chi connectivity index (χ3n) is 2.42.